The largest absolute Gasteiger partial charge is 2.00 e. The smallest absolute Gasteiger partial charge is 1.00 e. The van der Waals surface area contributed by atoms with Crippen molar-refractivity contribution in [1.82, 2.24) is 0 Å². The van der Waals surface area contributed by atoms with Crippen molar-refractivity contribution in [2.75, 3.05) is 0 Å². The summed E-state index contributed by atoms with van der Waals surface area (Å²) in [7, 11) is 0. The maximum Gasteiger partial charge on any atom is 2.00 e. The van der Waals surface area contributed by atoms with E-state index in [1.54, 1.807) is 0 Å². The monoisotopic (exact) mass is 299 g/mol. The summed E-state index contributed by atoms with van der Waals surface area (Å²) in [5.41, 5.74) is 0. The van der Waals surface area contributed by atoms with Crippen molar-refractivity contribution >= 4 is 43.9 Å². The fourth-order valence-electron chi connectivity index (χ4n) is 0. The third-order valence-electron chi connectivity index (χ3n) is 0. The predicted molar refractivity (Wildman–Crippen MR) is 18.6 cm³/mol. The van der Waals surface area contributed by atoms with Crippen LogP contribution in [-0.2, 0) is 21.1 Å². The molecule has 0 aliphatic carbocycles. The second-order valence-corrected chi connectivity index (χ2v) is 0.283. The Balaban J connectivity index is -0.00000000750. The summed E-state index contributed by atoms with van der Waals surface area (Å²) in [5, 5.41) is 13.9. The first-order valence-corrected chi connectivity index (χ1v) is 0.651. The maximum absolute atomic E-state index is 8.56. The molecular formula is CH4CaO3Pt. The van der Waals surface area contributed by atoms with Crippen LogP contribution < -0.4 is 0 Å². The Morgan fingerprint density at radius 1 is 1.50 bits per heavy atom. The van der Waals surface area contributed by atoms with Gasteiger partial charge < -0.3 is 13.1 Å². The van der Waals surface area contributed by atoms with E-state index in [1.165, 1.54) is 0 Å². The molecule has 0 radical (unpaired) electrons. The summed E-state index contributed by atoms with van der Waals surface area (Å²) in [4.78, 5) is 8.56. The van der Waals surface area contributed by atoms with Crippen LogP contribution in [0.15, 0.2) is 0 Å². The van der Waals surface area contributed by atoms with Gasteiger partial charge in [0.15, 0.2) is 0 Å². The van der Waals surface area contributed by atoms with Gasteiger partial charge in [-0.1, -0.05) is 0 Å². The van der Waals surface area contributed by atoms with Crippen LogP contribution in [0, 0.1) is 0 Å². The molecule has 0 saturated carbocycles. The molecule has 0 bridgehead atoms. The first kappa shape index (κ1) is 15.7. The van der Waals surface area contributed by atoms with Crippen molar-refractivity contribution in [3.63, 3.8) is 0 Å². The van der Waals surface area contributed by atoms with Crippen LogP contribution in [0.1, 0.15) is 2.85 Å². The second kappa shape index (κ2) is 9.52. The average Bonchev–Trinajstić information content (AvgIpc) is 0.811. The van der Waals surface area contributed by atoms with E-state index in [9.17, 15) is 0 Å². The molecule has 0 amide bonds. The van der Waals surface area contributed by atoms with Gasteiger partial charge in [0.2, 0.25) is 0 Å². The van der Waals surface area contributed by atoms with E-state index in [0.29, 0.717) is 0 Å². The molecule has 5 heteroatoms. The third-order valence-corrected chi connectivity index (χ3v) is 0. The van der Waals surface area contributed by atoms with Gasteiger partial charge in [-0.15, -0.1) is 0 Å². The quantitative estimate of drug-likeness (QED) is 0.622. The van der Waals surface area contributed by atoms with E-state index < -0.39 is 6.16 Å². The summed E-state index contributed by atoms with van der Waals surface area (Å²) in [6.45, 7) is 0. The Bertz CT molecular complexity index is 40.3. The molecule has 0 atom stereocenters. The number of hydrogen-bond acceptors (Lipinski definition) is 1. The molecule has 0 heterocycles. The fourth-order valence-corrected chi connectivity index (χ4v) is 0. The minimum Gasteiger partial charge on any atom is -1.00 e. The van der Waals surface area contributed by atoms with Crippen LogP contribution in [0.2, 0.25) is 0 Å². The number of carbonyl (C=O) groups is 1. The number of hydrogen-bond donors (Lipinski definition) is 2. The van der Waals surface area contributed by atoms with Crippen LogP contribution in [0.25, 0.3) is 0 Å². The molecule has 0 aliphatic heterocycles. The molecule has 0 aromatic heterocycles. The average molecular weight is 299 g/mol. The Kier molecular flexibility index (Phi) is 24.9. The summed E-state index contributed by atoms with van der Waals surface area (Å²) in [6, 6.07) is 0. The van der Waals surface area contributed by atoms with Crippen molar-refractivity contribution in [3.8, 4) is 0 Å². The zero-order valence-corrected chi connectivity index (χ0v) is 7.31. The number of rotatable bonds is 0. The minimum absolute atomic E-state index is 0. The Morgan fingerprint density at radius 3 is 1.50 bits per heavy atom. The molecule has 0 saturated heterocycles. The molecule has 38 valence electrons. The van der Waals surface area contributed by atoms with Crippen LogP contribution in [-0.4, -0.2) is 54.1 Å². The van der Waals surface area contributed by atoms with Crippen molar-refractivity contribution in [1.29, 1.82) is 0 Å². The third kappa shape index (κ3) is 62.6. The predicted octanol–water partition coefficient (Wildman–Crippen LogP) is 0.0641. The first-order valence-electron chi connectivity index (χ1n) is 0.651. The van der Waals surface area contributed by atoms with Crippen LogP contribution >= 0.6 is 0 Å². The SMILES string of the molecule is O=C(O)O.[Ca+2].[H-].[H-].[Pt]. The summed E-state index contributed by atoms with van der Waals surface area (Å²) < 4.78 is 0. The van der Waals surface area contributed by atoms with Gasteiger partial charge in [0, 0.05) is 21.1 Å². The molecule has 0 spiro atoms. The molecule has 0 fully saturated rings. The van der Waals surface area contributed by atoms with Gasteiger partial charge in [-0.3, -0.25) is 0 Å². The van der Waals surface area contributed by atoms with Crippen molar-refractivity contribution in [2.24, 2.45) is 0 Å². The van der Waals surface area contributed by atoms with Gasteiger partial charge >= 0.3 is 43.9 Å². The van der Waals surface area contributed by atoms with E-state index in [-0.39, 0.29) is 61.7 Å². The zero-order chi connectivity index (χ0) is 3.58. The Labute approximate surface area is 82.0 Å². The summed E-state index contributed by atoms with van der Waals surface area (Å²) in [5.74, 6) is 0. The van der Waals surface area contributed by atoms with Gasteiger partial charge in [0.25, 0.3) is 0 Å². The van der Waals surface area contributed by atoms with E-state index >= 15 is 0 Å². The van der Waals surface area contributed by atoms with Gasteiger partial charge in [-0.25, -0.2) is 4.79 Å². The Morgan fingerprint density at radius 2 is 1.50 bits per heavy atom. The van der Waals surface area contributed by atoms with Crippen LogP contribution in [0.5, 0.6) is 0 Å². The van der Waals surface area contributed by atoms with E-state index in [0.717, 1.165) is 0 Å². The maximum atomic E-state index is 8.56. The minimum atomic E-state index is -1.83. The number of carboxylic acid groups (broad SMARTS) is 2. The van der Waals surface area contributed by atoms with Gasteiger partial charge in [-0.05, 0) is 0 Å². The first-order chi connectivity index (χ1) is 1.73. The van der Waals surface area contributed by atoms with Crippen molar-refractivity contribution in [3.05, 3.63) is 0 Å². The van der Waals surface area contributed by atoms with Crippen molar-refractivity contribution < 1.29 is 38.9 Å². The molecule has 3 nitrogen and oxygen atoms in total. The molecule has 0 aliphatic rings. The standard InChI is InChI=1S/CH2O3.Ca.Pt.2H/c2-1(3)4;;;;/h(H2,2,3,4);;;;/q;+2;;2*-1. The molecule has 0 aromatic rings. The van der Waals surface area contributed by atoms with Gasteiger partial charge in [-0.2, -0.15) is 0 Å². The molecule has 0 rings (SSSR count). The zero-order valence-electron chi connectivity index (χ0n) is 4.83. The molecule has 2 N–H and O–H groups in total. The van der Waals surface area contributed by atoms with Crippen molar-refractivity contribution in [2.45, 2.75) is 0 Å². The fraction of sp³-hybridized carbons (Fsp3) is 0. The van der Waals surface area contributed by atoms with Crippen LogP contribution in [0.4, 0.5) is 4.79 Å². The van der Waals surface area contributed by atoms with Crippen LogP contribution in [0.3, 0.4) is 0 Å². The molecular weight excluding hydrogens is 295 g/mol. The van der Waals surface area contributed by atoms with Gasteiger partial charge in [0.1, 0.15) is 0 Å². The Hall–Kier alpha value is 1.22. The van der Waals surface area contributed by atoms with E-state index in [1.807, 2.05) is 0 Å². The molecule has 0 unspecified atom stereocenters. The second-order valence-electron chi connectivity index (χ2n) is 0.283. The van der Waals surface area contributed by atoms with E-state index in [2.05, 4.69) is 0 Å². The summed E-state index contributed by atoms with van der Waals surface area (Å²) >= 11 is 0. The van der Waals surface area contributed by atoms with E-state index in [4.69, 9.17) is 15.0 Å². The van der Waals surface area contributed by atoms with Gasteiger partial charge in [0.05, 0.1) is 0 Å². The summed E-state index contributed by atoms with van der Waals surface area (Å²) in [6.07, 6.45) is -1.83. The molecule has 0 aromatic carbocycles. The molecule has 6 heavy (non-hydrogen) atoms. The topological polar surface area (TPSA) is 57.5 Å². The normalized spacial score (nSPS) is 4.00.